The molecule has 0 atom stereocenters. The number of rotatable bonds is 5. The molecular formula is C20H16N4O4. The molecule has 8 nitrogen and oxygen atoms in total. The predicted molar refractivity (Wildman–Crippen MR) is 104 cm³/mol. The van der Waals surface area contributed by atoms with Crippen molar-refractivity contribution in [1.29, 1.82) is 5.26 Å². The molecule has 0 aliphatic rings. The summed E-state index contributed by atoms with van der Waals surface area (Å²) < 4.78 is 10.5. The second-order valence-electron chi connectivity index (χ2n) is 5.77. The summed E-state index contributed by atoms with van der Waals surface area (Å²) in [5.41, 5.74) is 7.51. The van der Waals surface area contributed by atoms with Crippen LogP contribution < -0.4 is 15.2 Å². The normalized spacial score (nSPS) is 10.2. The van der Waals surface area contributed by atoms with Crippen molar-refractivity contribution in [2.75, 3.05) is 20.0 Å². The van der Waals surface area contributed by atoms with Gasteiger partial charge in [-0.15, -0.1) is 0 Å². The number of anilines is 1. The Kier molecular flexibility index (Phi) is 5.09. The smallest absolute Gasteiger partial charge is 0.281 e. The molecule has 0 aliphatic carbocycles. The van der Waals surface area contributed by atoms with Crippen LogP contribution in [0.25, 0.3) is 22.3 Å². The van der Waals surface area contributed by atoms with Gasteiger partial charge in [-0.25, -0.2) is 4.98 Å². The van der Waals surface area contributed by atoms with Crippen molar-refractivity contribution in [2.45, 2.75) is 0 Å². The van der Waals surface area contributed by atoms with Gasteiger partial charge in [-0.05, 0) is 11.6 Å². The van der Waals surface area contributed by atoms with E-state index in [0.29, 0.717) is 16.9 Å². The first-order valence-electron chi connectivity index (χ1n) is 8.16. The number of nitrogens with zero attached hydrogens (tertiary/aromatic N) is 3. The SMILES string of the molecule is COc1cc(-c2c(-c3ccccc3)cnc(N)c2C#N)c([N+](=O)[O-])cc1OC. The molecule has 0 saturated heterocycles. The zero-order valence-corrected chi connectivity index (χ0v) is 15.2. The highest BCUT2D eigenvalue weighted by atomic mass is 16.6. The Morgan fingerprint density at radius 1 is 1.11 bits per heavy atom. The number of pyridine rings is 1. The molecule has 2 N–H and O–H groups in total. The van der Waals surface area contributed by atoms with Gasteiger partial charge in [-0.2, -0.15) is 5.26 Å². The van der Waals surface area contributed by atoms with E-state index in [4.69, 9.17) is 15.2 Å². The zero-order valence-electron chi connectivity index (χ0n) is 15.2. The van der Waals surface area contributed by atoms with E-state index in [9.17, 15) is 15.4 Å². The molecule has 1 aromatic heterocycles. The number of nitrogen functional groups attached to an aromatic ring is 1. The summed E-state index contributed by atoms with van der Waals surface area (Å²) in [6, 6.07) is 13.9. The van der Waals surface area contributed by atoms with Crippen LogP contribution in [0.4, 0.5) is 11.5 Å². The lowest BCUT2D eigenvalue weighted by molar-refractivity contribution is -0.384. The molecule has 0 amide bonds. The largest absolute Gasteiger partial charge is 0.493 e. The molecule has 2 aromatic carbocycles. The lowest BCUT2D eigenvalue weighted by Gasteiger charge is -2.15. The van der Waals surface area contributed by atoms with E-state index >= 15 is 0 Å². The van der Waals surface area contributed by atoms with E-state index in [1.807, 2.05) is 36.4 Å². The van der Waals surface area contributed by atoms with Gasteiger partial charge in [0.1, 0.15) is 17.5 Å². The molecule has 3 aromatic rings. The van der Waals surface area contributed by atoms with Crippen LogP contribution in [0.3, 0.4) is 0 Å². The van der Waals surface area contributed by atoms with Crippen molar-refractivity contribution in [3.8, 4) is 39.8 Å². The van der Waals surface area contributed by atoms with Crippen LogP contribution in [-0.4, -0.2) is 24.1 Å². The molecule has 0 saturated carbocycles. The predicted octanol–water partition coefficient (Wildman–Crippen LogP) is 3.79. The second-order valence-corrected chi connectivity index (χ2v) is 5.77. The molecule has 0 spiro atoms. The second kappa shape index (κ2) is 7.63. The van der Waals surface area contributed by atoms with E-state index in [1.54, 1.807) is 0 Å². The average Bonchev–Trinajstić information content (AvgIpc) is 2.72. The number of nitriles is 1. The summed E-state index contributed by atoms with van der Waals surface area (Å²) in [5.74, 6) is 0.488. The molecule has 0 bridgehead atoms. The Bertz CT molecular complexity index is 1090. The number of hydrogen-bond acceptors (Lipinski definition) is 7. The highest BCUT2D eigenvalue weighted by Gasteiger charge is 2.26. The van der Waals surface area contributed by atoms with Crippen LogP contribution >= 0.6 is 0 Å². The van der Waals surface area contributed by atoms with E-state index in [-0.39, 0.29) is 28.4 Å². The van der Waals surface area contributed by atoms with Gasteiger partial charge in [-0.1, -0.05) is 30.3 Å². The lowest BCUT2D eigenvalue weighted by Crippen LogP contribution is -2.03. The fourth-order valence-corrected chi connectivity index (χ4v) is 2.97. The van der Waals surface area contributed by atoms with Crippen LogP contribution in [0.2, 0.25) is 0 Å². The minimum absolute atomic E-state index is 0.0127. The number of nitro groups is 1. The van der Waals surface area contributed by atoms with Crippen molar-refractivity contribution >= 4 is 11.5 Å². The van der Waals surface area contributed by atoms with Crippen LogP contribution in [0.15, 0.2) is 48.7 Å². The van der Waals surface area contributed by atoms with Gasteiger partial charge >= 0.3 is 0 Å². The minimum Gasteiger partial charge on any atom is -0.493 e. The molecule has 0 fully saturated rings. The Morgan fingerprint density at radius 3 is 2.32 bits per heavy atom. The third-order valence-corrected chi connectivity index (χ3v) is 4.27. The molecule has 0 aliphatic heterocycles. The van der Waals surface area contributed by atoms with Crippen molar-refractivity contribution in [1.82, 2.24) is 4.98 Å². The zero-order chi connectivity index (χ0) is 20.3. The van der Waals surface area contributed by atoms with Crippen LogP contribution in [0.5, 0.6) is 11.5 Å². The maximum Gasteiger partial charge on any atom is 0.281 e. The van der Waals surface area contributed by atoms with E-state index < -0.39 is 4.92 Å². The molecule has 3 rings (SSSR count). The monoisotopic (exact) mass is 376 g/mol. The lowest BCUT2D eigenvalue weighted by atomic mass is 9.91. The fraction of sp³-hybridized carbons (Fsp3) is 0.100. The first-order valence-corrected chi connectivity index (χ1v) is 8.16. The standard InChI is InChI=1S/C20H16N4O4/c1-27-17-8-13(16(24(25)26)9-18(17)28-2)19-14(10-21)20(22)23-11-15(19)12-6-4-3-5-7-12/h3-9,11H,1-2H3,(H2,22,23). The van der Waals surface area contributed by atoms with Crippen LogP contribution in [-0.2, 0) is 0 Å². The van der Waals surface area contributed by atoms with Gasteiger partial charge in [0, 0.05) is 17.3 Å². The number of ether oxygens (including phenoxy) is 2. The van der Waals surface area contributed by atoms with Crippen LogP contribution in [0.1, 0.15) is 5.56 Å². The number of methoxy groups -OCH3 is 2. The van der Waals surface area contributed by atoms with Crippen molar-refractivity contribution in [2.24, 2.45) is 0 Å². The van der Waals surface area contributed by atoms with Gasteiger partial charge in [0.2, 0.25) is 0 Å². The first kappa shape index (κ1) is 18.7. The quantitative estimate of drug-likeness (QED) is 0.530. The number of nitrogens with two attached hydrogens (primary N) is 1. The Labute approximate surface area is 160 Å². The molecule has 28 heavy (non-hydrogen) atoms. The number of aromatic nitrogens is 1. The van der Waals surface area contributed by atoms with E-state index in [0.717, 1.165) is 5.56 Å². The molecule has 0 unspecified atom stereocenters. The van der Waals surface area contributed by atoms with Gasteiger partial charge in [0.25, 0.3) is 5.69 Å². The highest BCUT2D eigenvalue weighted by molar-refractivity contribution is 5.93. The Morgan fingerprint density at radius 2 is 1.75 bits per heavy atom. The first-order chi connectivity index (χ1) is 13.5. The Balaban J connectivity index is 2.46. The summed E-state index contributed by atoms with van der Waals surface area (Å²) in [4.78, 5) is 15.3. The molecule has 1 heterocycles. The summed E-state index contributed by atoms with van der Waals surface area (Å²) in [6.45, 7) is 0. The molecule has 140 valence electrons. The minimum atomic E-state index is -0.538. The maximum absolute atomic E-state index is 11.8. The van der Waals surface area contributed by atoms with Crippen LogP contribution in [0, 0.1) is 21.4 Å². The summed E-state index contributed by atoms with van der Waals surface area (Å²) in [5, 5.41) is 21.5. The van der Waals surface area contributed by atoms with Crippen molar-refractivity contribution in [3.05, 3.63) is 64.3 Å². The number of benzene rings is 2. The van der Waals surface area contributed by atoms with Gasteiger partial charge < -0.3 is 15.2 Å². The maximum atomic E-state index is 11.8. The van der Waals surface area contributed by atoms with E-state index in [1.165, 1.54) is 32.5 Å². The average molecular weight is 376 g/mol. The topological polar surface area (TPSA) is 124 Å². The molecule has 0 radical (unpaired) electrons. The summed E-state index contributed by atoms with van der Waals surface area (Å²) >= 11 is 0. The third-order valence-electron chi connectivity index (χ3n) is 4.27. The van der Waals surface area contributed by atoms with Crippen molar-refractivity contribution < 1.29 is 14.4 Å². The number of nitro benzene ring substituents is 1. The van der Waals surface area contributed by atoms with Crippen molar-refractivity contribution in [3.63, 3.8) is 0 Å². The van der Waals surface area contributed by atoms with Gasteiger partial charge in [-0.3, -0.25) is 10.1 Å². The molecular weight excluding hydrogens is 360 g/mol. The third kappa shape index (κ3) is 3.17. The fourth-order valence-electron chi connectivity index (χ4n) is 2.97. The van der Waals surface area contributed by atoms with E-state index in [2.05, 4.69) is 4.98 Å². The molecule has 8 heteroatoms. The number of hydrogen-bond donors (Lipinski definition) is 1. The van der Waals surface area contributed by atoms with Gasteiger partial charge in [0.15, 0.2) is 11.5 Å². The van der Waals surface area contributed by atoms with Gasteiger partial charge in [0.05, 0.1) is 30.8 Å². The Hall–Kier alpha value is -4.12. The highest BCUT2D eigenvalue weighted by Crippen LogP contribution is 2.45. The summed E-state index contributed by atoms with van der Waals surface area (Å²) in [6.07, 6.45) is 1.50. The summed E-state index contributed by atoms with van der Waals surface area (Å²) in [7, 11) is 2.82.